The van der Waals surface area contributed by atoms with Gasteiger partial charge in [-0.1, -0.05) is 59.3 Å². The third-order valence-electron chi connectivity index (χ3n) is 4.13. The van der Waals surface area contributed by atoms with Crippen molar-refractivity contribution in [1.82, 2.24) is 0 Å². The fourth-order valence-corrected chi connectivity index (χ4v) is 3.49. The highest BCUT2D eigenvalue weighted by Crippen LogP contribution is 2.42. The highest BCUT2D eigenvalue weighted by atomic mass is 31.0. The van der Waals surface area contributed by atoms with E-state index in [1.807, 2.05) is 0 Å². The first-order valence-corrected chi connectivity index (χ1v) is 8.58. The Morgan fingerprint density at radius 1 is 1.05 bits per heavy atom. The molecule has 0 bridgehead atoms. The summed E-state index contributed by atoms with van der Waals surface area (Å²) in [5, 5.41) is 9.33. The van der Waals surface area contributed by atoms with Crippen LogP contribution in [0.15, 0.2) is 0 Å². The smallest absolute Gasteiger partial charge is 0.303 e. The van der Waals surface area contributed by atoms with Crippen LogP contribution in [0.3, 0.4) is 0 Å². The fourth-order valence-electron chi connectivity index (χ4n) is 2.80. The van der Waals surface area contributed by atoms with Crippen molar-refractivity contribution in [3.63, 3.8) is 0 Å². The zero-order valence-corrected chi connectivity index (χ0v) is 14.2. The van der Waals surface area contributed by atoms with E-state index in [2.05, 4.69) is 30.0 Å². The number of hydrogen-bond acceptors (Lipinski definition) is 1. The zero-order chi connectivity index (χ0) is 14.7. The summed E-state index contributed by atoms with van der Waals surface area (Å²) in [6.45, 7) is 6.60. The Hall–Kier alpha value is -0.100. The van der Waals surface area contributed by atoms with Crippen LogP contribution in [0.2, 0.25) is 0 Å². The molecule has 0 aliphatic heterocycles. The van der Waals surface area contributed by atoms with E-state index >= 15 is 0 Å². The molecule has 2 nitrogen and oxygen atoms in total. The molecule has 0 aromatic heterocycles. The second kappa shape index (κ2) is 10.7. The molecular weight excluding hydrogens is 255 g/mol. The molecule has 0 aromatic carbocycles. The molecule has 0 radical (unpaired) electrons. The van der Waals surface area contributed by atoms with Crippen LogP contribution in [-0.2, 0) is 4.79 Å². The monoisotopic (exact) mass is 288 g/mol. The number of unbranched alkanes of at least 4 members (excludes halogenated alkanes) is 3. The van der Waals surface area contributed by atoms with Gasteiger partial charge in [-0.3, -0.25) is 4.79 Å². The SMILES string of the molecule is CCCCC(CC(=O)O)C(P)(CCCC)CCCC. The van der Waals surface area contributed by atoms with Crippen molar-refractivity contribution >= 4 is 15.2 Å². The molecule has 0 fully saturated rings. The maximum Gasteiger partial charge on any atom is 0.303 e. The van der Waals surface area contributed by atoms with Gasteiger partial charge in [0.25, 0.3) is 0 Å². The standard InChI is InChI=1S/C16H33O2P/c1-4-7-10-14(13-15(17)18)16(19,11-8-5-2)12-9-6-3/h14H,4-13,19H2,1-3H3,(H,17,18). The number of carboxylic acids is 1. The van der Waals surface area contributed by atoms with Crippen LogP contribution < -0.4 is 0 Å². The molecular formula is C16H33O2P. The van der Waals surface area contributed by atoms with E-state index in [9.17, 15) is 9.90 Å². The lowest BCUT2D eigenvalue weighted by atomic mass is 9.78. The van der Waals surface area contributed by atoms with E-state index in [-0.39, 0.29) is 5.16 Å². The molecule has 1 N–H and O–H groups in total. The van der Waals surface area contributed by atoms with Crippen LogP contribution in [0.1, 0.15) is 85.0 Å². The van der Waals surface area contributed by atoms with Crippen molar-refractivity contribution in [3.8, 4) is 0 Å². The summed E-state index contributed by atoms with van der Waals surface area (Å²) in [7, 11) is 3.05. The van der Waals surface area contributed by atoms with Gasteiger partial charge in [-0.2, -0.15) is 0 Å². The summed E-state index contributed by atoms with van der Waals surface area (Å²) in [6.07, 6.45) is 10.8. The van der Waals surface area contributed by atoms with Gasteiger partial charge in [0.05, 0.1) is 0 Å². The van der Waals surface area contributed by atoms with Gasteiger partial charge >= 0.3 is 5.97 Å². The lowest BCUT2D eigenvalue weighted by molar-refractivity contribution is -0.138. The number of aliphatic carboxylic acids is 1. The van der Waals surface area contributed by atoms with Crippen LogP contribution >= 0.6 is 9.24 Å². The second-order valence-corrected chi connectivity index (χ2v) is 7.03. The molecule has 2 atom stereocenters. The number of hydrogen-bond donors (Lipinski definition) is 1. The first-order chi connectivity index (χ1) is 9.00. The van der Waals surface area contributed by atoms with E-state index in [0.29, 0.717) is 12.3 Å². The Morgan fingerprint density at radius 2 is 1.53 bits per heavy atom. The Morgan fingerprint density at radius 3 is 1.89 bits per heavy atom. The van der Waals surface area contributed by atoms with Crippen molar-refractivity contribution in [3.05, 3.63) is 0 Å². The van der Waals surface area contributed by atoms with Crippen LogP contribution in [0.4, 0.5) is 0 Å². The molecule has 0 saturated carbocycles. The second-order valence-electron chi connectivity index (χ2n) is 5.88. The average molecular weight is 288 g/mol. The lowest BCUT2D eigenvalue weighted by Crippen LogP contribution is -2.33. The van der Waals surface area contributed by atoms with Gasteiger partial charge in [0.1, 0.15) is 0 Å². The Labute approximate surface area is 121 Å². The Bertz CT molecular complexity index is 233. The molecule has 0 heterocycles. The molecule has 0 saturated heterocycles. The molecule has 0 aliphatic carbocycles. The topological polar surface area (TPSA) is 37.3 Å². The van der Waals surface area contributed by atoms with E-state index in [1.54, 1.807) is 0 Å². The van der Waals surface area contributed by atoms with Crippen LogP contribution in [-0.4, -0.2) is 16.2 Å². The summed E-state index contributed by atoms with van der Waals surface area (Å²) < 4.78 is 0. The van der Waals surface area contributed by atoms with Gasteiger partial charge in [-0.25, -0.2) is 0 Å². The minimum atomic E-state index is -0.638. The largest absolute Gasteiger partial charge is 0.481 e. The molecule has 3 heteroatoms. The van der Waals surface area contributed by atoms with Gasteiger partial charge in [0.15, 0.2) is 0 Å². The minimum Gasteiger partial charge on any atom is -0.481 e. The third kappa shape index (κ3) is 7.92. The van der Waals surface area contributed by atoms with E-state index in [1.165, 1.54) is 25.7 Å². The third-order valence-corrected chi connectivity index (χ3v) is 5.18. The predicted molar refractivity (Wildman–Crippen MR) is 86.8 cm³/mol. The van der Waals surface area contributed by atoms with Gasteiger partial charge < -0.3 is 5.11 Å². The summed E-state index contributed by atoms with van der Waals surface area (Å²) in [5.41, 5.74) is 0. The molecule has 0 rings (SSSR count). The van der Waals surface area contributed by atoms with E-state index in [4.69, 9.17) is 0 Å². The first kappa shape index (κ1) is 18.9. The van der Waals surface area contributed by atoms with E-state index < -0.39 is 5.97 Å². The van der Waals surface area contributed by atoms with Crippen molar-refractivity contribution < 1.29 is 9.90 Å². The number of carbonyl (C=O) groups is 1. The van der Waals surface area contributed by atoms with Crippen molar-refractivity contribution in [2.45, 2.75) is 90.1 Å². The van der Waals surface area contributed by atoms with Gasteiger partial charge in [-0.05, 0) is 30.3 Å². The molecule has 0 aliphatic rings. The zero-order valence-electron chi connectivity index (χ0n) is 13.1. The lowest BCUT2D eigenvalue weighted by Gasteiger charge is -2.37. The van der Waals surface area contributed by atoms with Crippen LogP contribution in [0, 0.1) is 5.92 Å². The van der Waals surface area contributed by atoms with Crippen molar-refractivity contribution in [2.75, 3.05) is 0 Å². The normalized spacial score (nSPS) is 13.5. The van der Waals surface area contributed by atoms with Gasteiger partial charge in [0, 0.05) is 6.42 Å². The summed E-state index contributed by atoms with van der Waals surface area (Å²) >= 11 is 0. The quantitative estimate of drug-likeness (QED) is 0.497. The molecule has 2 unspecified atom stereocenters. The van der Waals surface area contributed by atoms with Crippen LogP contribution in [0.25, 0.3) is 0 Å². The van der Waals surface area contributed by atoms with Crippen molar-refractivity contribution in [1.29, 1.82) is 0 Å². The summed E-state index contributed by atoms with van der Waals surface area (Å²) in [5.74, 6) is -0.325. The number of carboxylic acid groups (broad SMARTS) is 1. The molecule has 0 amide bonds. The summed E-state index contributed by atoms with van der Waals surface area (Å²) in [4.78, 5) is 11.2. The molecule has 114 valence electrons. The summed E-state index contributed by atoms with van der Waals surface area (Å²) in [6, 6.07) is 0. The highest BCUT2D eigenvalue weighted by Gasteiger charge is 2.34. The van der Waals surface area contributed by atoms with Crippen molar-refractivity contribution in [2.24, 2.45) is 5.92 Å². The first-order valence-electron chi connectivity index (χ1n) is 8.00. The molecule has 19 heavy (non-hydrogen) atoms. The highest BCUT2D eigenvalue weighted by molar-refractivity contribution is 7.19. The van der Waals surface area contributed by atoms with E-state index in [0.717, 1.165) is 32.1 Å². The minimum absolute atomic E-state index is 0.138. The van der Waals surface area contributed by atoms with Gasteiger partial charge in [0.2, 0.25) is 0 Å². The predicted octanol–water partition coefficient (Wildman–Crippen LogP) is 5.26. The fraction of sp³-hybridized carbons (Fsp3) is 0.938. The molecule has 0 aromatic rings. The molecule has 0 spiro atoms. The maximum absolute atomic E-state index is 11.2. The number of rotatable bonds is 12. The maximum atomic E-state index is 11.2. The Balaban J connectivity index is 4.79. The Kier molecular flexibility index (Phi) is 10.6. The average Bonchev–Trinajstić information content (AvgIpc) is 2.38. The van der Waals surface area contributed by atoms with Crippen LogP contribution in [0.5, 0.6) is 0 Å². The van der Waals surface area contributed by atoms with Gasteiger partial charge in [-0.15, -0.1) is 9.24 Å².